The number of ether oxygens (including phenoxy) is 2. The van der Waals surface area contributed by atoms with E-state index in [4.69, 9.17) is 22.4 Å². The number of nitrogens with zero attached hydrogens (tertiary/aromatic N) is 1. The summed E-state index contributed by atoms with van der Waals surface area (Å²) in [5.41, 5.74) is -0.243. The van der Waals surface area contributed by atoms with E-state index in [0.717, 1.165) is 0 Å². The van der Waals surface area contributed by atoms with Gasteiger partial charge >= 0.3 is 28.8 Å². The molecule has 13 heteroatoms. The minimum absolute atomic E-state index is 0.0713. The highest BCUT2D eigenvalue weighted by molar-refractivity contribution is 8.00. The van der Waals surface area contributed by atoms with Crippen molar-refractivity contribution in [2.45, 2.75) is 100 Å². The van der Waals surface area contributed by atoms with Crippen LogP contribution in [-0.4, -0.2) is 63.8 Å². The molecule has 0 radical (unpaired) electrons. The van der Waals surface area contributed by atoms with Gasteiger partial charge in [0, 0.05) is 12.3 Å². The number of hydrogen-bond acceptors (Lipinski definition) is 9. The van der Waals surface area contributed by atoms with Gasteiger partial charge in [-0.25, -0.2) is 9.59 Å². The summed E-state index contributed by atoms with van der Waals surface area (Å²) in [4.78, 5) is 40.8. The average Bonchev–Trinajstić information content (AvgIpc) is 3.23. The summed E-state index contributed by atoms with van der Waals surface area (Å²) in [5, 5.41) is -0.909. The molecule has 0 aliphatic carbocycles. The van der Waals surface area contributed by atoms with Gasteiger partial charge in [0.15, 0.2) is 6.10 Å². The van der Waals surface area contributed by atoms with Crippen LogP contribution in [0.4, 0.5) is 0 Å². The fraction of sp³-hybridized carbons (Fsp3) is 0.621. The molecule has 0 spiro atoms. The zero-order chi connectivity index (χ0) is 31.0. The average molecular weight is 637 g/mol. The fourth-order valence-electron chi connectivity index (χ4n) is 6.02. The Bertz CT molecular complexity index is 1340. The highest BCUT2D eigenvalue weighted by atomic mass is 32.2. The Labute approximate surface area is 253 Å². The normalized spacial score (nSPS) is 25.4. The fourth-order valence-corrected chi connectivity index (χ4v) is 19.0. The molecule has 0 unspecified atom stereocenters. The first-order valence-corrected chi connectivity index (χ1v) is 19.5. The van der Waals surface area contributed by atoms with E-state index in [1.54, 1.807) is 31.4 Å². The van der Waals surface area contributed by atoms with Crippen molar-refractivity contribution in [3.63, 3.8) is 0 Å². The van der Waals surface area contributed by atoms with Gasteiger partial charge in [0.2, 0.25) is 0 Å². The number of benzene rings is 1. The van der Waals surface area contributed by atoms with E-state index in [2.05, 4.69) is 60.4 Å². The molecule has 2 aliphatic rings. The van der Waals surface area contributed by atoms with Gasteiger partial charge in [-0.1, -0.05) is 55.4 Å². The second kappa shape index (κ2) is 12.8. The summed E-state index contributed by atoms with van der Waals surface area (Å²) in [6, 6.07) is 7.96. The Balaban J connectivity index is 1.83. The molecule has 0 bridgehead atoms. The molecule has 42 heavy (non-hydrogen) atoms. The Morgan fingerprint density at radius 3 is 2.07 bits per heavy atom. The summed E-state index contributed by atoms with van der Waals surface area (Å²) in [5.74, 6) is 0.0688. The number of aromatic amines is 1. The number of carbonyl (C=O) groups excluding carboxylic acids is 1. The van der Waals surface area contributed by atoms with Crippen molar-refractivity contribution in [2.75, 3.05) is 13.7 Å². The molecule has 232 valence electrons. The molecular formula is C29H44N2O8SSi2. The molecule has 10 nitrogen and oxygen atoms in total. The Morgan fingerprint density at radius 1 is 0.952 bits per heavy atom. The van der Waals surface area contributed by atoms with Crippen molar-refractivity contribution in [1.82, 2.24) is 9.55 Å². The summed E-state index contributed by atoms with van der Waals surface area (Å²) in [6.07, 6.45) is -0.0220. The SMILES string of the molecule is COc1ccc(C(=O)O[C@@H]2[C@@H]3O[Si](C(C)C)(C(C)C)O[Si](C(C)C)(C(C)C)OC[C@H]3S[C@H]2n2ccc(=O)[nH]c2=O)cc1. The Kier molecular flexibility index (Phi) is 10.00. The molecular weight excluding hydrogens is 593 g/mol. The molecule has 1 aromatic heterocycles. The van der Waals surface area contributed by atoms with Crippen LogP contribution in [-0.2, 0) is 17.7 Å². The molecule has 0 saturated carbocycles. The van der Waals surface area contributed by atoms with E-state index < -0.39 is 51.9 Å². The van der Waals surface area contributed by atoms with Crippen molar-refractivity contribution >= 4 is 34.9 Å². The zero-order valence-electron chi connectivity index (χ0n) is 25.9. The van der Waals surface area contributed by atoms with Gasteiger partial charge in [-0.3, -0.25) is 14.3 Å². The number of carbonyl (C=O) groups is 1. The van der Waals surface area contributed by atoms with Crippen LogP contribution in [0, 0.1) is 0 Å². The number of fused-ring (bicyclic) bond motifs is 1. The first-order chi connectivity index (χ1) is 19.8. The van der Waals surface area contributed by atoms with Crippen molar-refractivity contribution in [3.8, 4) is 5.75 Å². The van der Waals surface area contributed by atoms with Crippen LogP contribution in [0.5, 0.6) is 5.75 Å². The highest BCUT2D eigenvalue weighted by Gasteiger charge is 2.62. The quantitative estimate of drug-likeness (QED) is 0.303. The van der Waals surface area contributed by atoms with Gasteiger partial charge in [-0.15, -0.1) is 11.8 Å². The maximum atomic E-state index is 13.5. The smallest absolute Gasteiger partial charge is 0.338 e. The second-order valence-electron chi connectivity index (χ2n) is 12.2. The molecule has 0 amide bonds. The molecule has 1 N–H and O–H groups in total. The molecule has 3 heterocycles. The van der Waals surface area contributed by atoms with Gasteiger partial charge in [0.1, 0.15) is 17.2 Å². The molecule has 2 aliphatic heterocycles. The third kappa shape index (κ3) is 6.09. The van der Waals surface area contributed by atoms with Gasteiger partial charge in [-0.05, 0) is 46.4 Å². The lowest BCUT2D eigenvalue weighted by molar-refractivity contribution is -0.0328. The molecule has 1 aromatic carbocycles. The summed E-state index contributed by atoms with van der Waals surface area (Å²) in [6.45, 7) is 17.5. The van der Waals surface area contributed by atoms with E-state index in [9.17, 15) is 14.4 Å². The minimum Gasteiger partial charge on any atom is -0.497 e. The number of aromatic nitrogens is 2. The van der Waals surface area contributed by atoms with E-state index >= 15 is 0 Å². The maximum Gasteiger partial charge on any atom is 0.338 e. The van der Waals surface area contributed by atoms with E-state index in [1.165, 1.54) is 28.6 Å². The van der Waals surface area contributed by atoms with Gasteiger partial charge in [-0.2, -0.15) is 0 Å². The number of hydrogen-bond donors (Lipinski definition) is 1. The molecule has 4 atom stereocenters. The van der Waals surface area contributed by atoms with Crippen molar-refractivity contribution in [3.05, 3.63) is 62.9 Å². The Hall–Kier alpha value is -2.17. The molecule has 4 rings (SSSR count). The lowest BCUT2D eigenvalue weighted by atomic mass is 10.1. The van der Waals surface area contributed by atoms with Crippen LogP contribution in [0.25, 0.3) is 0 Å². The minimum atomic E-state index is -3.03. The number of esters is 1. The van der Waals surface area contributed by atoms with Gasteiger partial charge in [0.05, 0.1) is 24.5 Å². The van der Waals surface area contributed by atoms with Crippen LogP contribution in [0.15, 0.2) is 46.1 Å². The lowest BCUT2D eigenvalue weighted by Gasteiger charge is -2.51. The summed E-state index contributed by atoms with van der Waals surface area (Å²) in [7, 11) is -4.27. The van der Waals surface area contributed by atoms with Gasteiger partial charge in [0.25, 0.3) is 5.56 Å². The molecule has 2 saturated heterocycles. The van der Waals surface area contributed by atoms with E-state index in [-0.39, 0.29) is 27.4 Å². The molecule has 2 fully saturated rings. The van der Waals surface area contributed by atoms with E-state index in [1.807, 2.05) is 0 Å². The van der Waals surface area contributed by atoms with Crippen molar-refractivity contribution < 1.29 is 27.2 Å². The molecule has 2 aromatic rings. The number of rotatable bonds is 8. The first-order valence-electron chi connectivity index (χ1n) is 14.6. The van der Waals surface area contributed by atoms with Crippen LogP contribution in [0.3, 0.4) is 0 Å². The lowest BCUT2D eigenvalue weighted by Crippen LogP contribution is -2.65. The second-order valence-corrected chi connectivity index (χ2v) is 22.4. The third-order valence-corrected chi connectivity index (χ3v) is 20.1. The first kappa shape index (κ1) is 32.7. The van der Waals surface area contributed by atoms with Crippen molar-refractivity contribution in [1.29, 1.82) is 0 Å². The predicted molar refractivity (Wildman–Crippen MR) is 168 cm³/mol. The van der Waals surface area contributed by atoms with Crippen molar-refractivity contribution in [2.24, 2.45) is 0 Å². The number of methoxy groups -OCH3 is 1. The van der Waals surface area contributed by atoms with Crippen LogP contribution in [0.2, 0.25) is 22.2 Å². The third-order valence-electron chi connectivity index (χ3n) is 8.31. The largest absolute Gasteiger partial charge is 0.497 e. The Morgan fingerprint density at radius 2 is 1.55 bits per heavy atom. The van der Waals surface area contributed by atoms with Crippen LogP contribution >= 0.6 is 11.8 Å². The van der Waals surface area contributed by atoms with Crippen LogP contribution in [0.1, 0.15) is 71.1 Å². The zero-order valence-corrected chi connectivity index (χ0v) is 28.7. The van der Waals surface area contributed by atoms with Gasteiger partial charge < -0.3 is 22.4 Å². The maximum absolute atomic E-state index is 13.5. The summed E-state index contributed by atoms with van der Waals surface area (Å²) < 4.78 is 34.4. The number of nitrogens with one attached hydrogen (secondary N) is 1. The monoisotopic (exact) mass is 636 g/mol. The van der Waals surface area contributed by atoms with E-state index in [0.29, 0.717) is 17.9 Å². The highest BCUT2D eigenvalue weighted by Crippen LogP contribution is 2.52. The summed E-state index contributed by atoms with van der Waals surface area (Å²) >= 11 is 1.47. The predicted octanol–water partition coefficient (Wildman–Crippen LogP) is 5.34. The number of thioether (sulfide) groups is 1. The topological polar surface area (TPSA) is 118 Å². The standard InChI is InChI=1S/C29H44N2O8SSi2/c1-17(2)41(18(3)4)36-16-23-25(38-42(39-41,19(5)6)20(7)8)26(27(40-23)31-15-14-24(32)30-29(31)34)37-28(33)21-10-12-22(35-9)13-11-21/h10-15,17-20,23,25-27H,16H2,1-9H3,(H,30,32,34)/t23-,25-,26-,27-/m1/s1. The number of H-pyrrole nitrogens is 1. The van der Waals surface area contributed by atoms with Crippen LogP contribution < -0.4 is 16.0 Å².